The Bertz CT molecular complexity index is 453. The van der Waals surface area contributed by atoms with Gasteiger partial charge in [0.15, 0.2) is 0 Å². The van der Waals surface area contributed by atoms with E-state index in [9.17, 15) is 14.9 Å². The second-order valence-corrected chi connectivity index (χ2v) is 4.76. The number of hydrogen-bond donors (Lipinski definition) is 1. The maximum absolute atomic E-state index is 11.1. The lowest BCUT2D eigenvalue weighted by Crippen LogP contribution is -2.14. The van der Waals surface area contributed by atoms with Crippen LogP contribution in [-0.4, -0.2) is 16.7 Å². The van der Waals surface area contributed by atoms with Crippen LogP contribution in [0.4, 0.5) is 11.4 Å². The van der Waals surface area contributed by atoms with Crippen LogP contribution in [0.15, 0.2) is 21.1 Å². The minimum absolute atomic E-state index is 0.0962. The average molecular weight is 372 g/mol. The predicted molar refractivity (Wildman–Crippen MR) is 67.8 cm³/mol. The van der Waals surface area contributed by atoms with E-state index in [1.807, 2.05) is 0 Å². The van der Waals surface area contributed by atoms with Gasteiger partial charge in [0.05, 0.1) is 4.92 Å². The first-order chi connectivity index (χ1) is 7.45. The molecule has 0 bridgehead atoms. The molecule has 0 unspecified atom stereocenters. The van der Waals surface area contributed by atoms with Crippen LogP contribution in [0.1, 0.15) is 0 Å². The van der Waals surface area contributed by atoms with E-state index in [0.717, 1.165) is 0 Å². The fourth-order valence-electron chi connectivity index (χ4n) is 1.00. The van der Waals surface area contributed by atoms with Crippen molar-refractivity contribution in [3.8, 4) is 0 Å². The van der Waals surface area contributed by atoms with Gasteiger partial charge in [0, 0.05) is 15.0 Å². The normalized spacial score (nSPS) is 9.94. The molecule has 5 nitrogen and oxygen atoms in total. The lowest BCUT2D eigenvalue weighted by molar-refractivity contribution is -0.384. The third-order valence-corrected chi connectivity index (χ3v) is 2.94. The highest BCUT2D eigenvalue weighted by Crippen LogP contribution is 2.35. The van der Waals surface area contributed by atoms with E-state index in [1.165, 1.54) is 6.07 Å². The van der Waals surface area contributed by atoms with Crippen LogP contribution in [0.2, 0.25) is 0 Å². The molecular formula is C8H5Br2ClN2O3. The number of carbonyl (C=O) groups excluding carboxylic acids is 1. The zero-order chi connectivity index (χ0) is 12.3. The van der Waals surface area contributed by atoms with E-state index in [1.54, 1.807) is 6.07 Å². The second kappa shape index (κ2) is 5.60. The molecule has 0 aliphatic rings. The highest BCUT2D eigenvalue weighted by Gasteiger charge is 2.19. The Kier molecular flexibility index (Phi) is 4.69. The van der Waals surface area contributed by atoms with Crippen LogP contribution < -0.4 is 5.32 Å². The quantitative estimate of drug-likeness (QED) is 0.503. The third-order valence-electron chi connectivity index (χ3n) is 1.62. The molecule has 1 rings (SSSR count). The fourth-order valence-corrected chi connectivity index (χ4v) is 2.37. The van der Waals surface area contributed by atoms with Gasteiger partial charge < -0.3 is 5.32 Å². The Hall–Kier alpha value is -0.660. The van der Waals surface area contributed by atoms with Crippen LogP contribution in [0.5, 0.6) is 0 Å². The molecule has 1 aromatic rings. The average Bonchev–Trinajstić information content (AvgIpc) is 2.20. The molecule has 0 saturated heterocycles. The molecule has 0 aromatic heterocycles. The van der Waals surface area contributed by atoms with Gasteiger partial charge >= 0.3 is 0 Å². The van der Waals surface area contributed by atoms with Crippen molar-refractivity contribution < 1.29 is 9.72 Å². The Morgan fingerprint density at radius 3 is 2.62 bits per heavy atom. The first-order valence-electron chi connectivity index (χ1n) is 3.95. The van der Waals surface area contributed by atoms with Crippen LogP contribution in [0, 0.1) is 10.1 Å². The maximum atomic E-state index is 11.1. The number of benzene rings is 1. The Balaban J connectivity index is 3.24. The maximum Gasteiger partial charge on any atom is 0.295 e. The number of alkyl halides is 1. The topological polar surface area (TPSA) is 72.2 Å². The number of hydrogen-bond acceptors (Lipinski definition) is 3. The standard InChI is InChI=1S/C8H5Br2ClN2O3/c9-4-1-5(10)8(12-7(14)3-11)6(2-4)13(15)16/h1-2H,3H2,(H,12,14). The van der Waals surface area contributed by atoms with E-state index in [2.05, 4.69) is 37.2 Å². The number of nitrogens with zero attached hydrogens (tertiary/aromatic N) is 1. The first-order valence-corrected chi connectivity index (χ1v) is 6.07. The number of amides is 1. The molecule has 0 fully saturated rings. The molecule has 86 valence electrons. The summed E-state index contributed by atoms with van der Waals surface area (Å²) in [6.07, 6.45) is 0. The summed E-state index contributed by atoms with van der Waals surface area (Å²) in [7, 11) is 0. The number of rotatable bonds is 3. The van der Waals surface area contributed by atoms with Crippen LogP contribution in [-0.2, 0) is 4.79 Å². The molecule has 0 spiro atoms. The second-order valence-electron chi connectivity index (χ2n) is 2.72. The van der Waals surface area contributed by atoms with E-state index in [0.29, 0.717) is 8.95 Å². The van der Waals surface area contributed by atoms with Crippen molar-refractivity contribution in [1.82, 2.24) is 0 Å². The predicted octanol–water partition coefficient (Wildman–Crippen LogP) is 3.30. The number of halogens is 3. The Labute approximate surface area is 113 Å². The summed E-state index contributed by atoms with van der Waals surface area (Å²) in [6, 6.07) is 2.89. The van der Waals surface area contributed by atoms with Crippen LogP contribution in [0.3, 0.4) is 0 Å². The lowest BCUT2D eigenvalue weighted by Gasteiger charge is -2.07. The minimum atomic E-state index is -0.584. The van der Waals surface area contributed by atoms with Crippen molar-refractivity contribution in [3.05, 3.63) is 31.2 Å². The minimum Gasteiger partial charge on any atom is -0.318 e. The summed E-state index contributed by atoms with van der Waals surface area (Å²) in [5.74, 6) is -0.771. The molecular weight excluding hydrogens is 367 g/mol. The zero-order valence-electron chi connectivity index (χ0n) is 7.67. The monoisotopic (exact) mass is 370 g/mol. The SMILES string of the molecule is O=C(CCl)Nc1c(Br)cc(Br)cc1[N+](=O)[O-]. The Morgan fingerprint density at radius 1 is 1.50 bits per heavy atom. The fraction of sp³-hybridized carbons (Fsp3) is 0.125. The van der Waals surface area contributed by atoms with Gasteiger partial charge in [0.2, 0.25) is 5.91 Å². The van der Waals surface area contributed by atoms with Crippen LogP contribution in [0.25, 0.3) is 0 Å². The summed E-state index contributed by atoms with van der Waals surface area (Å²) in [4.78, 5) is 21.3. The molecule has 0 atom stereocenters. The molecule has 1 N–H and O–H groups in total. The highest BCUT2D eigenvalue weighted by atomic mass is 79.9. The van der Waals surface area contributed by atoms with Gasteiger partial charge in [-0.3, -0.25) is 14.9 Å². The summed E-state index contributed by atoms with van der Waals surface area (Å²) < 4.78 is 0.946. The van der Waals surface area contributed by atoms with Gasteiger partial charge in [-0.05, 0) is 22.0 Å². The molecule has 8 heteroatoms. The molecule has 0 radical (unpaired) electrons. The molecule has 1 aromatic carbocycles. The van der Waals surface area contributed by atoms with Crippen LogP contribution >= 0.6 is 43.5 Å². The number of nitrogens with one attached hydrogen (secondary N) is 1. The lowest BCUT2D eigenvalue weighted by atomic mass is 10.2. The van der Waals surface area contributed by atoms with Gasteiger partial charge in [-0.25, -0.2) is 0 Å². The van der Waals surface area contributed by atoms with Gasteiger partial charge in [-0.2, -0.15) is 0 Å². The molecule has 0 aliphatic carbocycles. The van der Waals surface area contributed by atoms with Gasteiger partial charge in [-0.15, -0.1) is 11.6 Å². The van der Waals surface area contributed by atoms with E-state index in [4.69, 9.17) is 11.6 Å². The molecule has 16 heavy (non-hydrogen) atoms. The summed E-state index contributed by atoms with van der Waals surface area (Å²) in [5, 5.41) is 13.1. The summed E-state index contributed by atoms with van der Waals surface area (Å²) in [6.45, 7) is 0. The number of nitro benzene ring substituents is 1. The number of nitro groups is 1. The van der Waals surface area contributed by atoms with Crippen molar-refractivity contribution in [1.29, 1.82) is 0 Å². The summed E-state index contributed by atoms with van der Waals surface area (Å²) in [5.41, 5.74) is -0.112. The number of anilines is 1. The molecule has 0 heterocycles. The van der Waals surface area contributed by atoms with Crippen molar-refractivity contribution in [2.75, 3.05) is 11.2 Å². The molecule has 0 aliphatic heterocycles. The van der Waals surface area contributed by atoms with Crippen molar-refractivity contribution in [3.63, 3.8) is 0 Å². The highest BCUT2D eigenvalue weighted by molar-refractivity contribution is 9.11. The number of carbonyl (C=O) groups is 1. The Morgan fingerprint density at radius 2 is 2.12 bits per heavy atom. The van der Waals surface area contributed by atoms with E-state index >= 15 is 0 Å². The smallest absolute Gasteiger partial charge is 0.295 e. The van der Waals surface area contributed by atoms with E-state index in [-0.39, 0.29) is 17.3 Å². The van der Waals surface area contributed by atoms with Gasteiger partial charge in [0.25, 0.3) is 5.69 Å². The van der Waals surface area contributed by atoms with Crippen molar-refractivity contribution >= 4 is 60.7 Å². The van der Waals surface area contributed by atoms with Gasteiger partial charge in [-0.1, -0.05) is 15.9 Å². The third kappa shape index (κ3) is 3.16. The van der Waals surface area contributed by atoms with E-state index < -0.39 is 10.8 Å². The van der Waals surface area contributed by atoms with Crippen molar-refractivity contribution in [2.45, 2.75) is 0 Å². The van der Waals surface area contributed by atoms with Gasteiger partial charge in [0.1, 0.15) is 11.6 Å². The zero-order valence-corrected chi connectivity index (χ0v) is 11.6. The molecule has 0 saturated carbocycles. The first kappa shape index (κ1) is 13.4. The molecule has 1 amide bonds. The largest absolute Gasteiger partial charge is 0.318 e. The van der Waals surface area contributed by atoms with Crippen molar-refractivity contribution in [2.24, 2.45) is 0 Å². The summed E-state index contributed by atoms with van der Waals surface area (Å²) >= 11 is 11.6.